The molecule has 0 radical (unpaired) electrons. The summed E-state index contributed by atoms with van der Waals surface area (Å²) in [5.74, 6) is 0.319. The molecular weight excluding hydrogens is 288 g/mol. The van der Waals surface area contributed by atoms with Crippen LogP contribution in [0.2, 0.25) is 0 Å². The van der Waals surface area contributed by atoms with Gasteiger partial charge in [0.25, 0.3) is 0 Å². The summed E-state index contributed by atoms with van der Waals surface area (Å²) in [5.41, 5.74) is 7.69. The molecule has 1 aliphatic rings. The average molecular weight is 306 g/mol. The molecule has 9 heteroatoms. The van der Waals surface area contributed by atoms with Crippen molar-refractivity contribution < 1.29 is 14.7 Å². The highest BCUT2D eigenvalue weighted by Crippen LogP contribution is 2.32. The molecule has 3 N–H and O–H groups in total. The third-order valence-electron chi connectivity index (χ3n) is 3.43. The zero-order valence-corrected chi connectivity index (χ0v) is 12.4. The molecule has 118 valence electrons. The van der Waals surface area contributed by atoms with E-state index in [4.69, 9.17) is 15.3 Å². The summed E-state index contributed by atoms with van der Waals surface area (Å²) in [6.07, 6.45) is 2.37. The maximum atomic E-state index is 9.45. The van der Waals surface area contributed by atoms with Crippen molar-refractivity contribution >= 4 is 22.7 Å². The van der Waals surface area contributed by atoms with Gasteiger partial charge in [-0.05, 0) is 13.8 Å². The van der Waals surface area contributed by atoms with Gasteiger partial charge < -0.3 is 20.4 Å². The van der Waals surface area contributed by atoms with Crippen LogP contribution in [-0.4, -0.2) is 49.2 Å². The van der Waals surface area contributed by atoms with E-state index in [2.05, 4.69) is 20.1 Å². The topological polar surface area (TPSA) is 121 Å². The molecule has 2 aromatic heterocycles. The average Bonchev–Trinajstić information content (AvgIpc) is 3.09. The van der Waals surface area contributed by atoms with Gasteiger partial charge in [-0.3, -0.25) is 4.57 Å². The Bertz CT molecular complexity index is 696. The van der Waals surface area contributed by atoms with Crippen molar-refractivity contribution in [2.45, 2.75) is 38.7 Å². The summed E-state index contributed by atoms with van der Waals surface area (Å²) in [7, 11) is 0. The summed E-state index contributed by atoms with van der Waals surface area (Å²) in [5, 5.41) is 13.4. The summed E-state index contributed by atoms with van der Waals surface area (Å²) in [6, 6.07) is 0. The summed E-state index contributed by atoms with van der Waals surface area (Å²) < 4.78 is 7.59. The molecule has 3 atom stereocenters. The highest BCUT2D eigenvalue weighted by Gasteiger charge is 2.38. The molecule has 0 aliphatic carbocycles. The van der Waals surface area contributed by atoms with Crippen LogP contribution in [-0.2, 0) is 9.57 Å². The number of anilines is 1. The van der Waals surface area contributed by atoms with Crippen LogP contribution in [0, 0.1) is 0 Å². The van der Waals surface area contributed by atoms with Crippen LogP contribution in [0.15, 0.2) is 17.8 Å². The van der Waals surface area contributed by atoms with Crippen molar-refractivity contribution in [3.8, 4) is 0 Å². The lowest BCUT2D eigenvalue weighted by atomic mass is 10.2. The zero-order chi connectivity index (χ0) is 15.7. The number of aliphatic hydroxyl groups is 1. The van der Waals surface area contributed by atoms with Crippen LogP contribution in [0.25, 0.3) is 11.2 Å². The molecular formula is C13H18N6O3. The molecule has 3 rings (SSSR count). The molecule has 0 amide bonds. The van der Waals surface area contributed by atoms with Gasteiger partial charge in [-0.25, -0.2) is 15.0 Å². The van der Waals surface area contributed by atoms with E-state index in [0.717, 1.165) is 5.71 Å². The first kappa shape index (κ1) is 14.7. The molecule has 9 nitrogen and oxygen atoms in total. The van der Waals surface area contributed by atoms with E-state index < -0.39 is 6.10 Å². The molecule has 1 fully saturated rings. The summed E-state index contributed by atoms with van der Waals surface area (Å²) in [6.45, 7) is 3.53. The Balaban J connectivity index is 1.86. The maximum Gasteiger partial charge on any atom is 0.167 e. The predicted octanol–water partition coefficient (Wildman–Crippen LogP) is 0.469. The molecule has 0 aromatic carbocycles. The normalized spacial score (nSPS) is 24.6. The van der Waals surface area contributed by atoms with E-state index in [1.165, 1.54) is 6.33 Å². The largest absolute Gasteiger partial charge is 0.394 e. The van der Waals surface area contributed by atoms with Gasteiger partial charge >= 0.3 is 0 Å². The lowest BCUT2D eigenvalue weighted by Gasteiger charge is -2.14. The maximum absolute atomic E-state index is 9.45. The fraction of sp³-hybridized carbons (Fsp3) is 0.538. The fourth-order valence-electron chi connectivity index (χ4n) is 2.40. The lowest BCUT2D eigenvalue weighted by molar-refractivity contribution is -0.0597. The third-order valence-corrected chi connectivity index (χ3v) is 3.43. The number of imidazole rings is 1. The number of nitrogen functional groups attached to an aromatic ring is 1. The van der Waals surface area contributed by atoms with Gasteiger partial charge in [-0.15, -0.1) is 0 Å². The number of nitrogens with two attached hydrogens (primary N) is 1. The Kier molecular flexibility index (Phi) is 3.90. The number of rotatable bonds is 4. The van der Waals surface area contributed by atoms with Crippen LogP contribution in [0.1, 0.15) is 26.5 Å². The standard InChI is InChI=1S/C13H18N6O3/c1-7(2)18-22-8-3-10(21-9(8)4-20)19-6-17-11-12(14)15-5-16-13(11)19/h5-6,8-10,20H,3-4H2,1-2H3,(H2,14,15,16)/t8-,9+,10+/m0/s1. The number of hydrogen-bond donors (Lipinski definition) is 2. The van der Waals surface area contributed by atoms with Gasteiger partial charge in [0, 0.05) is 6.42 Å². The number of oxime groups is 1. The van der Waals surface area contributed by atoms with Gasteiger partial charge in [0.2, 0.25) is 0 Å². The number of ether oxygens (including phenoxy) is 1. The van der Waals surface area contributed by atoms with Crippen LogP contribution < -0.4 is 5.73 Å². The molecule has 22 heavy (non-hydrogen) atoms. The van der Waals surface area contributed by atoms with Crippen LogP contribution in [0.4, 0.5) is 5.82 Å². The molecule has 2 aromatic rings. The van der Waals surface area contributed by atoms with E-state index >= 15 is 0 Å². The number of aromatic nitrogens is 4. The Morgan fingerprint density at radius 2 is 2.32 bits per heavy atom. The van der Waals surface area contributed by atoms with Gasteiger partial charge in [-0.2, -0.15) is 0 Å². The molecule has 0 unspecified atom stereocenters. The molecule has 1 aliphatic heterocycles. The van der Waals surface area contributed by atoms with Crippen molar-refractivity contribution in [1.29, 1.82) is 0 Å². The van der Waals surface area contributed by atoms with Gasteiger partial charge in [-0.1, -0.05) is 5.16 Å². The lowest BCUT2D eigenvalue weighted by Crippen LogP contribution is -2.26. The number of nitrogens with zero attached hydrogens (tertiary/aromatic N) is 5. The van der Waals surface area contributed by atoms with E-state index in [0.29, 0.717) is 23.4 Å². The Labute approximate surface area is 126 Å². The van der Waals surface area contributed by atoms with Gasteiger partial charge in [0.15, 0.2) is 17.6 Å². The van der Waals surface area contributed by atoms with E-state index in [-0.39, 0.29) is 18.9 Å². The van der Waals surface area contributed by atoms with Crippen molar-refractivity contribution in [2.24, 2.45) is 5.16 Å². The minimum atomic E-state index is -0.454. The smallest absolute Gasteiger partial charge is 0.167 e. The van der Waals surface area contributed by atoms with Crippen LogP contribution in [0.3, 0.4) is 0 Å². The van der Waals surface area contributed by atoms with Gasteiger partial charge in [0.05, 0.1) is 18.6 Å². The highest BCUT2D eigenvalue weighted by molar-refractivity contribution is 5.81. The Morgan fingerprint density at radius 3 is 3.05 bits per heavy atom. The monoisotopic (exact) mass is 306 g/mol. The van der Waals surface area contributed by atoms with Crippen molar-refractivity contribution in [3.63, 3.8) is 0 Å². The van der Waals surface area contributed by atoms with E-state index in [1.807, 2.05) is 13.8 Å². The van der Waals surface area contributed by atoms with Crippen LogP contribution >= 0.6 is 0 Å². The van der Waals surface area contributed by atoms with Gasteiger partial charge in [0.1, 0.15) is 24.2 Å². The van der Waals surface area contributed by atoms with Crippen molar-refractivity contribution in [3.05, 3.63) is 12.7 Å². The van der Waals surface area contributed by atoms with Crippen LogP contribution in [0.5, 0.6) is 0 Å². The van der Waals surface area contributed by atoms with Crippen molar-refractivity contribution in [2.75, 3.05) is 12.3 Å². The summed E-state index contributed by atoms with van der Waals surface area (Å²) >= 11 is 0. The zero-order valence-electron chi connectivity index (χ0n) is 12.4. The highest BCUT2D eigenvalue weighted by atomic mass is 16.7. The predicted molar refractivity (Wildman–Crippen MR) is 79.0 cm³/mol. The molecule has 1 saturated heterocycles. The fourth-order valence-corrected chi connectivity index (χ4v) is 2.40. The van der Waals surface area contributed by atoms with E-state index in [9.17, 15) is 5.11 Å². The van der Waals surface area contributed by atoms with Crippen molar-refractivity contribution in [1.82, 2.24) is 19.5 Å². The number of aliphatic hydroxyl groups excluding tert-OH is 1. The molecule has 0 saturated carbocycles. The summed E-state index contributed by atoms with van der Waals surface area (Å²) in [4.78, 5) is 17.8. The Hall–Kier alpha value is -2.26. The minimum Gasteiger partial charge on any atom is -0.394 e. The second-order valence-corrected chi connectivity index (χ2v) is 5.31. The SMILES string of the molecule is CC(C)=NO[C@H]1C[C@H](n2cnc3c(N)ncnc32)O[C@@H]1CO. The second-order valence-electron chi connectivity index (χ2n) is 5.31. The molecule has 0 spiro atoms. The Morgan fingerprint density at radius 1 is 1.50 bits per heavy atom. The quantitative estimate of drug-likeness (QED) is 0.622. The first-order valence-electron chi connectivity index (χ1n) is 6.96. The minimum absolute atomic E-state index is 0.150. The number of hydrogen-bond acceptors (Lipinski definition) is 8. The number of fused-ring (bicyclic) bond motifs is 1. The van der Waals surface area contributed by atoms with E-state index in [1.54, 1.807) is 10.9 Å². The molecule has 0 bridgehead atoms. The molecule has 3 heterocycles. The first-order valence-corrected chi connectivity index (χ1v) is 6.96. The first-order chi connectivity index (χ1) is 10.6. The third kappa shape index (κ3) is 2.60. The second kappa shape index (κ2) is 5.85.